The van der Waals surface area contributed by atoms with Crippen molar-refractivity contribution in [2.45, 2.75) is 90.1 Å². The Bertz CT molecular complexity index is 1880. The highest BCUT2D eigenvalue weighted by Gasteiger charge is 2.66. The summed E-state index contributed by atoms with van der Waals surface area (Å²) in [5.74, 6) is 0.394. The van der Waals surface area contributed by atoms with E-state index in [-0.39, 0.29) is 36.0 Å². The summed E-state index contributed by atoms with van der Waals surface area (Å²) in [6.07, 6.45) is 7.24. The van der Waals surface area contributed by atoms with Gasteiger partial charge in [-0.2, -0.15) is 5.10 Å². The third kappa shape index (κ3) is 6.94. The molecule has 0 unspecified atom stereocenters. The molecule has 0 aliphatic carbocycles. The fourth-order valence-corrected chi connectivity index (χ4v) is 12.6. The Morgan fingerprint density at radius 3 is 2.42 bits per heavy atom. The zero-order valence-corrected chi connectivity index (χ0v) is 32.7. The van der Waals surface area contributed by atoms with E-state index in [9.17, 15) is 9.90 Å². The van der Waals surface area contributed by atoms with Gasteiger partial charge in [0.1, 0.15) is 5.75 Å². The number of aliphatic hydroxyl groups excluding tert-OH is 1. The van der Waals surface area contributed by atoms with Gasteiger partial charge in [-0.15, -0.1) is 0 Å². The Morgan fingerprint density at radius 2 is 1.75 bits per heavy atom. The van der Waals surface area contributed by atoms with Gasteiger partial charge in [0.15, 0.2) is 5.60 Å². The molecule has 3 aromatic rings. The number of hydrazone groups is 1. The lowest BCUT2D eigenvalue weighted by Crippen LogP contribution is -2.52. The van der Waals surface area contributed by atoms with Crippen molar-refractivity contribution in [3.63, 3.8) is 0 Å². The molecule has 4 atom stereocenters. The standard InChI is InChI=1S/C43H53N3O5Si/c1-29(2)12-11-13-30(3)24-26-45-38-22-16-33(46-40(48)23-21-37(44-46)32-14-9-8-10-15-32)28-36(38)43(42(45)49)31(4)41(39(51-43)25-27-47)52(6,7)35-19-17-34(50-5)18-20-35/h8-10,12,14-20,22,24,28,31,39,41,47H,11,13,21,23,25-27H2,1-7H3/b30-24+/t31-,39+,41-,43+/m0/s1. The van der Waals surface area contributed by atoms with Gasteiger partial charge in [0.2, 0.25) is 5.91 Å². The van der Waals surface area contributed by atoms with Gasteiger partial charge in [0.25, 0.3) is 5.91 Å². The van der Waals surface area contributed by atoms with Crippen LogP contribution in [0.25, 0.3) is 0 Å². The molecule has 3 aliphatic rings. The summed E-state index contributed by atoms with van der Waals surface area (Å²) in [4.78, 5) is 30.5. The fraction of sp³-hybridized carbons (Fsp3) is 0.419. The summed E-state index contributed by atoms with van der Waals surface area (Å²) in [6, 6.07) is 24.0. The van der Waals surface area contributed by atoms with Crippen molar-refractivity contribution in [2.75, 3.05) is 30.2 Å². The summed E-state index contributed by atoms with van der Waals surface area (Å²) in [6.45, 7) is 13.5. The third-order valence-corrected chi connectivity index (χ3v) is 15.7. The van der Waals surface area contributed by atoms with E-state index in [4.69, 9.17) is 14.6 Å². The highest BCUT2D eigenvalue weighted by molar-refractivity contribution is 6.91. The molecule has 3 aliphatic heterocycles. The molecule has 1 N–H and O–H groups in total. The quantitative estimate of drug-likeness (QED) is 0.152. The molecule has 0 aromatic heterocycles. The van der Waals surface area contributed by atoms with Crippen LogP contribution >= 0.6 is 0 Å². The molecule has 9 heteroatoms. The predicted octanol–water partition coefficient (Wildman–Crippen LogP) is 7.86. The number of anilines is 2. The monoisotopic (exact) mass is 719 g/mol. The minimum atomic E-state index is -2.34. The van der Waals surface area contributed by atoms with Crippen molar-refractivity contribution in [1.29, 1.82) is 0 Å². The molecule has 3 aromatic carbocycles. The number of fused-ring (bicyclic) bond motifs is 2. The van der Waals surface area contributed by atoms with Crippen molar-refractivity contribution < 1.29 is 24.2 Å². The third-order valence-electron chi connectivity index (χ3n) is 11.3. The van der Waals surface area contributed by atoms with Gasteiger partial charge in [-0.25, -0.2) is 5.01 Å². The number of nitrogens with zero attached hydrogens (tertiary/aromatic N) is 3. The average Bonchev–Trinajstić information content (AvgIpc) is 3.57. The Balaban J connectivity index is 1.45. The Hall–Kier alpha value is -4.31. The van der Waals surface area contributed by atoms with Crippen LogP contribution in [0.1, 0.15) is 70.9 Å². The predicted molar refractivity (Wildman–Crippen MR) is 212 cm³/mol. The topological polar surface area (TPSA) is 91.7 Å². The zero-order valence-electron chi connectivity index (χ0n) is 31.7. The van der Waals surface area contributed by atoms with Gasteiger partial charge in [-0.3, -0.25) is 9.59 Å². The molecule has 8 nitrogen and oxygen atoms in total. The first-order chi connectivity index (χ1) is 24.9. The molecule has 2 amide bonds. The number of benzene rings is 3. The summed E-state index contributed by atoms with van der Waals surface area (Å²) < 4.78 is 12.6. The summed E-state index contributed by atoms with van der Waals surface area (Å²) >= 11 is 0. The minimum Gasteiger partial charge on any atom is -0.497 e. The molecule has 0 bridgehead atoms. The lowest BCUT2D eigenvalue weighted by Gasteiger charge is -2.37. The first kappa shape index (κ1) is 37.4. The summed E-state index contributed by atoms with van der Waals surface area (Å²) in [7, 11) is -0.676. The van der Waals surface area contributed by atoms with Gasteiger partial charge in [-0.1, -0.05) is 91.0 Å². The molecule has 1 spiro atoms. The normalized spacial score (nSPS) is 23.3. The van der Waals surface area contributed by atoms with Crippen molar-refractivity contribution in [2.24, 2.45) is 11.0 Å². The molecule has 3 heterocycles. The van der Waals surface area contributed by atoms with Crippen LogP contribution in [-0.2, 0) is 19.9 Å². The Morgan fingerprint density at radius 1 is 1.02 bits per heavy atom. The molecule has 1 saturated heterocycles. The van der Waals surface area contributed by atoms with E-state index in [0.29, 0.717) is 31.5 Å². The molecule has 0 saturated carbocycles. The van der Waals surface area contributed by atoms with E-state index in [1.807, 2.05) is 65.6 Å². The first-order valence-electron chi connectivity index (χ1n) is 18.6. The second-order valence-electron chi connectivity index (χ2n) is 15.3. The van der Waals surface area contributed by atoms with E-state index in [0.717, 1.165) is 41.1 Å². The van der Waals surface area contributed by atoms with E-state index in [2.05, 4.69) is 65.1 Å². The van der Waals surface area contributed by atoms with Crippen LogP contribution in [0.15, 0.2) is 101 Å². The number of methoxy groups -OCH3 is 1. The van der Waals surface area contributed by atoms with Crippen LogP contribution in [-0.4, -0.2) is 57.1 Å². The molecule has 274 valence electrons. The van der Waals surface area contributed by atoms with E-state index < -0.39 is 13.7 Å². The molecule has 52 heavy (non-hydrogen) atoms. The summed E-state index contributed by atoms with van der Waals surface area (Å²) in [5.41, 5.74) is 5.23. The second kappa shape index (κ2) is 15.3. The van der Waals surface area contributed by atoms with Gasteiger partial charge < -0.3 is 19.5 Å². The maximum atomic E-state index is 15.1. The van der Waals surface area contributed by atoms with Crippen LogP contribution in [0.5, 0.6) is 5.75 Å². The Labute approximate surface area is 309 Å². The number of ether oxygens (including phenoxy) is 2. The van der Waals surface area contributed by atoms with Crippen molar-refractivity contribution in [1.82, 2.24) is 0 Å². The highest BCUT2D eigenvalue weighted by Crippen LogP contribution is 2.60. The van der Waals surface area contributed by atoms with Crippen molar-refractivity contribution in [3.05, 3.63) is 107 Å². The first-order valence-corrected chi connectivity index (χ1v) is 21.6. The van der Waals surface area contributed by atoms with E-state index in [1.165, 1.54) is 21.3 Å². The number of carbonyl (C=O) groups is 2. The smallest absolute Gasteiger partial charge is 0.264 e. The maximum Gasteiger partial charge on any atom is 0.264 e. The van der Waals surface area contributed by atoms with Crippen LogP contribution in [0.4, 0.5) is 11.4 Å². The van der Waals surface area contributed by atoms with Crippen molar-refractivity contribution >= 4 is 42.2 Å². The summed E-state index contributed by atoms with van der Waals surface area (Å²) in [5, 5.41) is 17.9. The number of aliphatic hydroxyl groups is 1. The average molecular weight is 720 g/mol. The van der Waals surface area contributed by atoms with Gasteiger partial charge in [0, 0.05) is 37.5 Å². The molecule has 6 rings (SSSR count). The molecule has 0 radical (unpaired) electrons. The van der Waals surface area contributed by atoms with Crippen LogP contribution in [0.3, 0.4) is 0 Å². The van der Waals surface area contributed by atoms with Crippen LogP contribution < -0.4 is 19.8 Å². The van der Waals surface area contributed by atoms with Crippen LogP contribution in [0, 0.1) is 5.92 Å². The number of carbonyl (C=O) groups excluding carboxylic acids is 2. The van der Waals surface area contributed by atoms with Gasteiger partial charge in [0.05, 0.1) is 38.4 Å². The molecular formula is C43H53N3O5Si. The van der Waals surface area contributed by atoms with Crippen LogP contribution in [0.2, 0.25) is 18.6 Å². The maximum absolute atomic E-state index is 15.1. The van der Waals surface area contributed by atoms with Gasteiger partial charge >= 0.3 is 0 Å². The number of rotatable bonds is 12. The largest absolute Gasteiger partial charge is 0.497 e. The van der Waals surface area contributed by atoms with E-state index in [1.54, 1.807) is 7.11 Å². The zero-order chi connectivity index (χ0) is 37.2. The number of hydrogen-bond acceptors (Lipinski definition) is 6. The number of amides is 2. The minimum absolute atomic E-state index is 0.00845. The number of allylic oxidation sites excluding steroid dienone is 3. The fourth-order valence-electron chi connectivity index (χ4n) is 8.54. The highest BCUT2D eigenvalue weighted by atomic mass is 28.3. The lowest BCUT2D eigenvalue weighted by molar-refractivity contribution is -0.146. The van der Waals surface area contributed by atoms with E-state index >= 15 is 4.79 Å². The van der Waals surface area contributed by atoms with Gasteiger partial charge in [-0.05, 0) is 81.5 Å². The van der Waals surface area contributed by atoms with Crippen molar-refractivity contribution in [3.8, 4) is 5.75 Å². The lowest BCUT2D eigenvalue weighted by atomic mass is 9.82. The molecule has 1 fully saturated rings. The second-order valence-corrected chi connectivity index (χ2v) is 20.0. The number of hydrogen-bond donors (Lipinski definition) is 1. The molecular weight excluding hydrogens is 667 g/mol. The SMILES string of the molecule is COc1ccc([Si](C)(C)[C@@H]2[C@@H](CCO)O[C@]3(C(=O)N(C/C=C(\C)CCC=C(C)C)c4ccc(N5N=C(c6ccccc6)CCC5=O)cc43)[C@H]2C)cc1. The Kier molecular flexibility index (Phi) is 11.1.